The van der Waals surface area contributed by atoms with E-state index in [4.69, 9.17) is 4.74 Å². The molecule has 1 aromatic rings. The summed E-state index contributed by atoms with van der Waals surface area (Å²) in [5.74, 6) is 0. The van der Waals surface area contributed by atoms with Crippen LogP contribution in [0.2, 0.25) is 0 Å². The van der Waals surface area contributed by atoms with Crippen molar-refractivity contribution in [2.75, 3.05) is 13.7 Å². The number of ether oxygens (including phenoxy) is 1. The van der Waals surface area contributed by atoms with Crippen molar-refractivity contribution < 1.29 is 4.74 Å². The molecule has 1 rings (SSSR count). The lowest BCUT2D eigenvalue weighted by Crippen LogP contribution is -2.37. The number of aromatic nitrogens is 2. The molecule has 0 aliphatic heterocycles. The van der Waals surface area contributed by atoms with Gasteiger partial charge in [-0.15, -0.1) is 0 Å². The summed E-state index contributed by atoms with van der Waals surface area (Å²) in [6.07, 6.45) is 3.21. The molecule has 0 radical (unpaired) electrons. The van der Waals surface area contributed by atoms with Gasteiger partial charge in [0.05, 0.1) is 12.3 Å². The summed E-state index contributed by atoms with van der Waals surface area (Å²) in [7, 11) is 3.72. The molecule has 0 aliphatic carbocycles. The molecule has 16 heavy (non-hydrogen) atoms. The van der Waals surface area contributed by atoms with Crippen LogP contribution in [0.1, 0.15) is 25.1 Å². The molecule has 0 bridgehead atoms. The van der Waals surface area contributed by atoms with Gasteiger partial charge in [-0.25, -0.2) is 0 Å². The van der Waals surface area contributed by atoms with Gasteiger partial charge < -0.3 is 10.1 Å². The van der Waals surface area contributed by atoms with Gasteiger partial charge in [-0.05, 0) is 39.3 Å². The van der Waals surface area contributed by atoms with Crippen molar-refractivity contribution in [1.82, 2.24) is 15.1 Å². The van der Waals surface area contributed by atoms with Crippen LogP contribution in [0.3, 0.4) is 0 Å². The molecule has 92 valence electrons. The topological polar surface area (TPSA) is 39.1 Å². The van der Waals surface area contributed by atoms with Gasteiger partial charge in [0.15, 0.2) is 0 Å². The van der Waals surface area contributed by atoms with Crippen molar-refractivity contribution in [2.45, 2.75) is 39.3 Å². The van der Waals surface area contributed by atoms with Gasteiger partial charge in [0.1, 0.15) is 0 Å². The van der Waals surface area contributed by atoms with Crippen molar-refractivity contribution in [3.8, 4) is 0 Å². The van der Waals surface area contributed by atoms with Crippen LogP contribution in [0.4, 0.5) is 0 Å². The minimum atomic E-state index is 0.245. The molecular formula is C12H23N3O. The summed E-state index contributed by atoms with van der Waals surface area (Å²) in [5, 5.41) is 7.69. The van der Waals surface area contributed by atoms with E-state index in [1.54, 1.807) is 7.11 Å². The molecule has 4 heteroatoms. The zero-order valence-electron chi connectivity index (χ0n) is 10.9. The zero-order chi connectivity index (χ0) is 12.1. The first-order valence-electron chi connectivity index (χ1n) is 5.80. The molecular weight excluding hydrogens is 202 g/mol. The highest BCUT2D eigenvalue weighted by molar-refractivity contribution is 5.16. The predicted octanol–water partition coefficient (Wildman–Crippen LogP) is 1.28. The second-order valence-electron chi connectivity index (χ2n) is 4.31. The molecule has 1 heterocycles. The SMILES string of the molecule is COC(C)C(C)NCCc1cnn(C)c1C. The third kappa shape index (κ3) is 3.32. The summed E-state index contributed by atoms with van der Waals surface area (Å²) >= 11 is 0. The van der Waals surface area contributed by atoms with Crippen molar-refractivity contribution in [1.29, 1.82) is 0 Å². The smallest absolute Gasteiger partial charge is 0.0693 e. The number of nitrogens with zero attached hydrogens (tertiary/aromatic N) is 2. The second-order valence-corrected chi connectivity index (χ2v) is 4.31. The average Bonchev–Trinajstić information content (AvgIpc) is 2.59. The Hall–Kier alpha value is -0.870. The summed E-state index contributed by atoms with van der Waals surface area (Å²) in [5.41, 5.74) is 2.56. The van der Waals surface area contributed by atoms with Crippen LogP contribution in [0.5, 0.6) is 0 Å². The molecule has 0 amide bonds. The largest absolute Gasteiger partial charge is 0.380 e. The highest BCUT2D eigenvalue weighted by atomic mass is 16.5. The molecule has 0 aliphatic rings. The second kappa shape index (κ2) is 6.01. The predicted molar refractivity (Wildman–Crippen MR) is 65.6 cm³/mol. The molecule has 0 saturated heterocycles. The Morgan fingerprint density at radius 3 is 2.69 bits per heavy atom. The summed E-state index contributed by atoms with van der Waals surface area (Å²) < 4.78 is 7.18. The normalized spacial score (nSPS) is 15.1. The van der Waals surface area contributed by atoms with E-state index in [0.717, 1.165) is 13.0 Å². The molecule has 1 N–H and O–H groups in total. The van der Waals surface area contributed by atoms with E-state index >= 15 is 0 Å². The van der Waals surface area contributed by atoms with Crippen molar-refractivity contribution in [3.05, 3.63) is 17.5 Å². The number of hydrogen-bond donors (Lipinski definition) is 1. The number of methoxy groups -OCH3 is 1. The standard InChI is InChI=1S/C12H23N3O/c1-9(11(3)16-5)13-7-6-12-8-14-15(4)10(12)2/h8-9,11,13H,6-7H2,1-5H3. The monoisotopic (exact) mass is 225 g/mol. The van der Waals surface area contributed by atoms with E-state index in [0.29, 0.717) is 6.04 Å². The average molecular weight is 225 g/mol. The Morgan fingerprint density at radius 1 is 1.50 bits per heavy atom. The van der Waals surface area contributed by atoms with Gasteiger partial charge in [0.2, 0.25) is 0 Å². The van der Waals surface area contributed by atoms with Crippen LogP contribution in [-0.4, -0.2) is 35.6 Å². The maximum Gasteiger partial charge on any atom is 0.0693 e. The lowest BCUT2D eigenvalue weighted by molar-refractivity contribution is 0.0890. The van der Waals surface area contributed by atoms with E-state index in [-0.39, 0.29) is 6.10 Å². The first-order chi connectivity index (χ1) is 7.56. The van der Waals surface area contributed by atoms with Gasteiger partial charge in [0, 0.05) is 25.9 Å². The summed E-state index contributed by atoms with van der Waals surface area (Å²) in [6.45, 7) is 7.28. The van der Waals surface area contributed by atoms with Crippen LogP contribution in [0.15, 0.2) is 6.20 Å². The van der Waals surface area contributed by atoms with Crippen molar-refractivity contribution >= 4 is 0 Å². The first kappa shape index (κ1) is 13.2. The van der Waals surface area contributed by atoms with Gasteiger partial charge >= 0.3 is 0 Å². The van der Waals surface area contributed by atoms with Gasteiger partial charge in [-0.2, -0.15) is 5.10 Å². The van der Waals surface area contributed by atoms with Crippen LogP contribution >= 0.6 is 0 Å². The fraction of sp³-hybridized carbons (Fsp3) is 0.750. The third-order valence-electron chi connectivity index (χ3n) is 3.27. The molecule has 0 aromatic carbocycles. The maximum absolute atomic E-state index is 5.26. The molecule has 4 nitrogen and oxygen atoms in total. The van der Waals surface area contributed by atoms with E-state index in [1.165, 1.54) is 11.3 Å². The van der Waals surface area contributed by atoms with E-state index in [1.807, 2.05) is 17.9 Å². The summed E-state index contributed by atoms with van der Waals surface area (Å²) in [4.78, 5) is 0. The van der Waals surface area contributed by atoms with Crippen LogP contribution in [0.25, 0.3) is 0 Å². The Morgan fingerprint density at radius 2 is 2.19 bits per heavy atom. The fourth-order valence-electron chi connectivity index (χ4n) is 1.59. The lowest BCUT2D eigenvalue weighted by atomic mass is 10.1. The van der Waals surface area contributed by atoms with Gasteiger partial charge in [-0.1, -0.05) is 0 Å². The Bertz CT molecular complexity index is 322. The minimum absolute atomic E-state index is 0.245. The Labute approximate surface area is 98.0 Å². The van der Waals surface area contributed by atoms with Gasteiger partial charge in [-0.3, -0.25) is 4.68 Å². The van der Waals surface area contributed by atoms with Crippen molar-refractivity contribution in [3.63, 3.8) is 0 Å². The zero-order valence-corrected chi connectivity index (χ0v) is 10.9. The fourth-order valence-corrected chi connectivity index (χ4v) is 1.59. The highest BCUT2D eigenvalue weighted by Crippen LogP contribution is 2.06. The van der Waals surface area contributed by atoms with Gasteiger partial charge in [0.25, 0.3) is 0 Å². The lowest BCUT2D eigenvalue weighted by Gasteiger charge is -2.19. The molecule has 0 saturated carbocycles. The number of rotatable bonds is 6. The van der Waals surface area contributed by atoms with E-state index in [9.17, 15) is 0 Å². The molecule has 0 spiro atoms. The molecule has 2 atom stereocenters. The number of nitrogens with one attached hydrogen (secondary N) is 1. The first-order valence-corrected chi connectivity index (χ1v) is 5.80. The minimum Gasteiger partial charge on any atom is -0.380 e. The van der Waals surface area contributed by atoms with Crippen molar-refractivity contribution in [2.24, 2.45) is 7.05 Å². The summed E-state index contributed by atoms with van der Waals surface area (Å²) in [6, 6.07) is 0.377. The maximum atomic E-state index is 5.26. The molecule has 1 aromatic heterocycles. The molecule has 0 fully saturated rings. The van der Waals surface area contributed by atoms with E-state index < -0.39 is 0 Å². The Kier molecular flexibility index (Phi) is 4.96. The van der Waals surface area contributed by atoms with Crippen LogP contribution < -0.4 is 5.32 Å². The highest BCUT2D eigenvalue weighted by Gasteiger charge is 2.10. The quantitative estimate of drug-likeness (QED) is 0.793. The Balaban J connectivity index is 2.33. The number of hydrogen-bond acceptors (Lipinski definition) is 3. The number of aryl methyl sites for hydroxylation is 1. The van der Waals surface area contributed by atoms with Crippen LogP contribution in [-0.2, 0) is 18.2 Å². The molecule has 2 unspecified atom stereocenters. The van der Waals surface area contributed by atoms with E-state index in [2.05, 4.69) is 31.2 Å². The van der Waals surface area contributed by atoms with Crippen LogP contribution in [0, 0.1) is 6.92 Å². The third-order valence-corrected chi connectivity index (χ3v) is 3.27.